The number of benzene rings is 1. The molecule has 0 spiro atoms. The number of anilines is 2. The van der Waals surface area contributed by atoms with Gasteiger partial charge < -0.3 is 15.4 Å². The fourth-order valence-electron chi connectivity index (χ4n) is 3.09. The fourth-order valence-corrected chi connectivity index (χ4v) is 4.78. The molecule has 0 saturated carbocycles. The normalized spacial score (nSPS) is 15.9. The van der Waals surface area contributed by atoms with Gasteiger partial charge in [-0.05, 0) is 67.6 Å². The lowest BCUT2D eigenvalue weighted by Crippen LogP contribution is -2.20. The summed E-state index contributed by atoms with van der Waals surface area (Å²) < 4.78 is 18.7. The number of carbonyl (C=O) groups excluding carboxylic acids is 1. The van der Waals surface area contributed by atoms with Gasteiger partial charge in [0.1, 0.15) is 10.8 Å². The van der Waals surface area contributed by atoms with Crippen LogP contribution >= 0.6 is 23.6 Å². The van der Waals surface area contributed by atoms with Crippen molar-refractivity contribution in [3.05, 3.63) is 45.6 Å². The Morgan fingerprint density at radius 1 is 1.38 bits per heavy atom. The number of thiophene rings is 1. The van der Waals surface area contributed by atoms with Crippen molar-refractivity contribution in [2.24, 2.45) is 5.92 Å². The van der Waals surface area contributed by atoms with Crippen LogP contribution in [0.25, 0.3) is 0 Å². The van der Waals surface area contributed by atoms with Gasteiger partial charge in [0.2, 0.25) is 0 Å². The summed E-state index contributed by atoms with van der Waals surface area (Å²) in [7, 11) is 1.38. The van der Waals surface area contributed by atoms with Crippen LogP contribution in [0.2, 0.25) is 0 Å². The standard InChI is InChI=1S/C19H21FN2O2S2/c1-10-4-7-13-15(8-10)26-17(16(13)18(23)24-3)22-19(25)21-12-6-5-11(2)14(20)9-12/h5-6,9-10H,4,7-8H2,1-3H3,(H2,21,22,25). The maximum atomic E-state index is 13.7. The number of carbonyl (C=O) groups is 1. The van der Waals surface area contributed by atoms with Crippen molar-refractivity contribution < 1.29 is 13.9 Å². The molecule has 2 N–H and O–H groups in total. The van der Waals surface area contributed by atoms with E-state index in [9.17, 15) is 9.18 Å². The van der Waals surface area contributed by atoms with Gasteiger partial charge in [0.25, 0.3) is 0 Å². The van der Waals surface area contributed by atoms with E-state index in [1.807, 2.05) is 0 Å². The van der Waals surface area contributed by atoms with Gasteiger partial charge >= 0.3 is 5.97 Å². The Kier molecular flexibility index (Phi) is 5.58. The average molecular weight is 393 g/mol. The molecule has 1 aliphatic rings. The van der Waals surface area contributed by atoms with Crippen molar-refractivity contribution >= 4 is 45.3 Å². The van der Waals surface area contributed by atoms with Crippen LogP contribution in [0.4, 0.5) is 15.1 Å². The van der Waals surface area contributed by atoms with Gasteiger partial charge in [-0.3, -0.25) is 0 Å². The summed E-state index contributed by atoms with van der Waals surface area (Å²) in [6.45, 7) is 3.92. The molecule has 0 fully saturated rings. The number of rotatable bonds is 3. The van der Waals surface area contributed by atoms with E-state index in [-0.39, 0.29) is 11.8 Å². The van der Waals surface area contributed by atoms with Gasteiger partial charge in [-0.2, -0.15) is 0 Å². The predicted octanol–water partition coefficient (Wildman–Crippen LogP) is 4.92. The summed E-state index contributed by atoms with van der Waals surface area (Å²) in [5.74, 6) is -0.0579. The third kappa shape index (κ3) is 3.88. The maximum Gasteiger partial charge on any atom is 0.341 e. The minimum Gasteiger partial charge on any atom is -0.465 e. The van der Waals surface area contributed by atoms with E-state index in [2.05, 4.69) is 17.6 Å². The number of fused-ring (bicyclic) bond motifs is 1. The molecule has 7 heteroatoms. The number of methoxy groups -OCH3 is 1. The summed E-state index contributed by atoms with van der Waals surface area (Å²) in [4.78, 5) is 13.5. The first kappa shape index (κ1) is 18.8. The number of hydrogen-bond acceptors (Lipinski definition) is 4. The second-order valence-corrected chi connectivity index (χ2v) is 8.10. The lowest BCUT2D eigenvalue weighted by molar-refractivity contribution is 0.0601. The van der Waals surface area contributed by atoms with Crippen molar-refractivity contribution in [3.8, 4) is 0 Å². The second-order valence-electron chi connectivity index (χ2n) is 6.59. The minimum absolute atomic E-state index is 0.298. The molecule has 0 radical (unpaired) electrons. The van der Waals surface area contributed by atoms with Crippen molar-refractivity contribution in [2.75, 3.05) is 17.7 Å². The molecule has 1 aromatic heterocycles. The summed E-state index contributed by atoms with van der Waals surface area (Å²) >= 11 is 6.89. The van der Waals surface area contributed by atoms with E-state index in [1.165, 1.54) is 18.1 Å². The van der Waals surface area contributed by atoms with Crippen LogP contribution in [-0.4, -0.2) is 18.2 Å². The van der Waals surface area contributed by atoms with Gasteiger partial charge in [0.15, 0.2) is 5.11 Å². The van der Waals surface area contributed by atoms with E-state index in [1.54, 1.807) is 30.4 Å². The Bertz CT molecular complexity index is 863. The molecule has 3 rings (SSSR count). The molecule has 1 aliphatic carbocycles. The molecule has 26 heavy (non-hydrogen) atoms. The number of aryl methyl sites for hydroxylation is 1. The van der Waals surface area contributed by atoms with Crippen LogP contribution in [0.5, 0.6) is 0 Å². The quantitative estimate of drug-likeness (QED) is 0.574. The number of nitrogens with one attached hydrogen (secondary N) is 2. The first-order valence-electron chi connectivity index (χ1n) is 8.46. The number of esters is 1. The van der Waals surface area contributed by atoms with E-state index in [4.69, 9.17) is 17.0 Å². The zero-order valence-corrected chi connectivity index (χ0v) is 16.6. The van der Waals surface area contributed by atoms with Crippen molar-refractivity contribution in [1.82, 2.24) is 0 Å². The van der Waals surface area contributed by atoms with Crippen LogP contribution in [-0.2, 0) is 17.6 Å². The SMILES string of the molecule is COC(=O)c1c(NC(=S)Nc2ccc(C)c(F)c2)sc2c1CCC(C)C2. The zero-order chi connectivity index (χ0) is 18.8. The molecule has 0 bridgehead atoms. The van der Waals surface area contributed by atoms with E-state index in [0.29, 0.717) is 32.8 Å². The number of halogens is 1. The van der Waals surface area contributed by atoms with Gasteiger partial charge in [0.05, 0.1) is 12.7 Å². The Balaban J connectivity index is 1.83. The van der Waals surface area contributed by atoms with Crippen LogP contribution < -0.4 is 10.6 Å². The molecule has 0 aliphatic heterocycles. The Labute approximate surface area is 161 Å². The van der Waals surface area contributed by atoms with Gasteiger partial charge in [0, 0.05) is 10.6 Å². The maximum absolute atomic E-state index is 13.7. The highest BCUT2D eigenvalue weighted by Gasteiger charge is 2.28. The molecule has 1 heterocycles. The molecular formula is C19H21FN2O2S2. The molecule has 4 nitrogen and oxygen atoms in total. The smallest absolute Gasteiger partial charge is 0.341 e. The Hall–Kier alpha value is -1.99. The minimum atomic E-state index is -0.358. The first-order chi connectivity index (χ1) is 12.4. The van der Waals surface area contributed by atoms with E-state index < -0.39 is 0 Å². The van der Waals surface area contributed by atoms with E-state index >= 15 is 0 Å². The molecule has 1 unspecified atom stereocenters. The lowest BCUT2D eigenvalue weighted by Gasteiger charge is -2.18. The highest BCUT2D eigenvalue weighted by molar-refractivity contribution is 7.80. The molecule has 2 aromatic rings. The molecule has 0 saturated heterocycles. The van der Waals surface area contributed by atoms with Gasteiger partial charge in [-0.15, -0.1) is 11.3 Å². The third-order valence-corrected chi connectivity index (χ3v) is 5.93. The molecule has 0 amide bonds. The van der Waals surface area contributed by atoms with Crippen molar-refractivity contribution in [2.45, 2.75) is 33.1 Å². The molecule has 1 aromatic carbocycles. The van der Waals surface area contributed by atoms with Crippen molar-refractivity contribution in [3.63, 3.8) is 0 Å². The monoisotopic (exact) mass is 392 g/mol. The summed E-state index contributed by atoms with van der Waals surface area (Å²) in [5.41, 5.74) is 2.76. The van der Waals surface area contributed by atoms with Crippen LogP contribution in [0.3, 0.4) is 0 Å². The predicted molar refractivity (Wildman–Crippen MR) is 108 cm³/mol. The Morgan fingerprint density at radius 3 is 2.85 bits per heavy atom. The third-order valence-electron chi connectivity index (χ3n) is 4.56. The number of thiocarbonyl (C=S) groups is 1. The highest BCUT2D eigenvalue weighted by atomic mass is 32.1. The first-order valence-corrected chi connectivity index (χ1v) is 9.68. The second kappa shape index (κ2) is 7.72. The molecule has 1 atom stereocenters. The van der Waals surface area contributed by atoms with Gasteiger partial charge in [-0.25, -0.2) is 9.18 Å². The van der Waals surface area contributed by atoms with Crippen LogP contribution in [0, 0.1) is 18.7 Å². The molecular weight excluding hydrogens is 371 g/mol. The topological polar surface area (TPSA) is 50.4 Å². The molecule has 138 valence electrons. The summed E-state index contributed by atoms with van der Waals surface area (Å²) in [6.07, 6.45) is 2.87. The lowest BCUT2D eigenvalue weighted by atomic mass is 9.88. The van der Waals surface area contributed by atoms with E-state index in [0.717, 1.165) is 24.8 Å². The average Bonchev–Trinajstić information content (AvgIpc) is 2.94. The van der Waals surface area contributed by atoms with Crippen LogP contribution in [0.1, 0.15) is 39.7 Å². The summed E-state index contributed by atoms with van der Waals surface area (Å²) in [5, 5.41) is 7.05. The fraction of sp³-hybridized carbons (Fsp3) is 0.368. The number of hydrogen-bond donors (Lipinski definition) is 2. The van der Waals surface area contributed by atoms with Crippen LogP contribution in [0.15, 0.2) is 18.2 Å². The summed E-state index contributed by atoms with van der Waals surface area (Å²) in [6, 6.07) is 4.84. The van der Waals surface area contributed by atoms with Gasteiger partial charge in [-0.1, -0.05) is 13.0 Å². The Morgan fingerprint density at radius 2 is 2.15 bits per heavy atom. The highest BCUT2D eigenvalue weighted by Crippen LogP contribution is 2.40. The zero-order valence-electron chi connectivity index (χ0n) is 14.9. The number of ether oxygens (including phenoxy) is 1. The van der Waals surface area contributed by atoms with Crippen molar-refractivity contribution in [1.29, 1.82) is 0 Å². The largest absolute Gasteiger partial charge is 0.465 e.